The Bertz CT molecular complexity index is 862. The van der Waals surface area contributed by atoms with Crippen LogP contribution in [0.4, 0.5) is 5.13 Å². The highest BCUT2D eigenvalue weighted by Gasteiger charge is 2.59. The summed E-state index contributed by atoms with van der Waals surface area (Å²) in [4.78, 5) is 31.2. The molecule has 0 bridgehead atoms. The molecule has 1 saturated carbocycles. The number of ether oxygens (including phenoxy) is 1. The zero-order valence-corrected chi connectivity index (χ0v) is 21.8. The van der Waals surface area contributed by atoms with Crippen molar-refractivity contribution in [2.24, 2.45) is 16.7 Å². The lowest BCUT2D eigenvalue weighted by Gasteiger charge is -2.58. The molecule has 0 radical (unpaired) electrons. The van der Waals surface area contributed by atoms with Gasteiger partial charge in [0.05, 0.1) is 25.0 Å². The van der Waals surface area contributed by atoms with Crippen molar-refractivity contribution in [2.75, 3.05) is 32.2 Å². The number of aliphatic hydroxyl groups is 2. The molecule has 3 rings (SSSR count). The van der Waals surface area contributed by atoms with Crippen LogP contribution < -0.4 is 10.6 Å². The van der Waals surface area contributed by atoms with Crippen molar-refractivity contribution in [1.29, 1.82) is 0 Å². The van der Waals surface area contributed by atoms with Crippen molar-refractivity contribution in [3.63, 3.8) is 0 Å². The number of amides is 2. The SMILES string of the molecule is CCCCCC(=O)Nc1nc2c(s1)CC1C(C)(CO)C(O)CCC1(C)C2CC(=O)NCCOC. The molecule has 2 amide bonds. The van der Waals surface area contributed by atoms with Crippen LogP contribution in [0.15, 0.2) is 0 Å². The minimum Gasteiger partial charge on any atom is -0.396 e. The van der Waals surface area contributed by atoms with Gasteiger partial charge in [0, 0.05) is 42.7 Å². The van der Waals surface area contributed by atoms with Crippen molar-refractivity contribution in [2.45, 2.75) is 84.2 Å². The number of unbranched alkanes of at least 4 members (excludes halogenated alkanes) is 2. The van der Waals surface area contributed by atoms with Gasteiger partial charge in [0.25, 0.3) is 0 Å². The molecular weight excluding hydrogens is 454 g/mol. The normalized spacial score (nSPS) is 30.4. The molecule has 0 spiro atoms. The van der Waals surface area contributed by atoms with E-state index in [0.717, 1.165) is 36.3 Å². The first-order chi connectivity index (χ1) is 16.2. The molecule has 4 N–H and O–H groups in total. The molecule has 0 aromatic carbocycles. The number of nitrogens with one attached hydrogen (secondary N) is 2. The third kappa shape index (κ3) is 5.48. The predicted molar refractivity (Wildman–Crippen MR) is 133 cm³/mol. The van der Waals surface area contributed by atoms with Gasteiger partial charge in [0.1, 0.15) is 0 Å². The number of aromatic nitrogens is 1. The maximum Gasteiger partial charge on any atom is 0.226 e. The number of fused-ring (bicyclic) bond motifs is 2. The fourth-order valence-corrected chi connectivity index (χ4v) is 7.05. The van der Waals surface area contributed by atoms with E-state index >= 15 is 0 Å². The van der Waals surface area contributed by atoms with Crippen LogP contribution >= 0.6 is 11.3 Å². The number of anilines is 1. The topological polar surface area (TPSA) is 121 Å². The van der Waals surface area contributed by atoms with Crippen LogP contribution in [0.2, 0.25) is 0 Å². The smallest absolute Gasteiger partial charge is 0.226 e. The maximum atomic E-state index is 12.9. The number of aliphatic hydroxyl groups excluding tert-OH is 2. The summed E-state index contributed by atoms with van der Waals surface area (Å²) in [5.41, 5.74) is -0.0897. The number of rotatable bonds is 11. The van der Waals surface area contributed by atoms with Gasteiger partial charge in [0.15, 0.2) is 5.13 Å². The van der Waals surface area contributed by atoms with Gasteiger partial charge in [-0.3, -0.25) is 9.59 Å². The average molecular weight is 496 g/mol. The highest BCUT2D eigenvalue weighted by molar-refractivity contribution is 7.15. The van der Waals surface area contributed by atoms with Crippen LogP contribution in [0, 0.1) is 16.7 Å². The summed E-state index contributed by atoms with van der Waals surface area (Å²) in [6.07, 6.45) is 5.07. The van der Waals surface area contributed by atoms with Crippen LogP contribution in [-0.4, -0.2) is 60.0 Å². The van der Waals surface area contributed by atoms with E-state index in [4.69, 9.17) is 9.72 Å². The van der Waals surface area contributed by atoms with E-state index in [1.807, 2.05) is 6.92 Å². The summed E-state index contributed by atoms with van der Waals surface area (Å²) in [6.45, 7) is 7.01. The zero-order valence-electron chi connectivity index (χ0n) is 21.0. The van der Waals surface area contributed by atoms with Crippen molar-refractivity contribution in [1.82, 2.24) is 10.3 Å². The Kier molecular flexibility index (Phi) is 9.11. The largest absolute Gasteiger partial charge is 0.396 e. The van der Waals surface area contributed by atoms with E-state index in [1.54, 1.807) is 7.11 Å². The molecule has 5 atom stereocenters. The minimum absolute atomic E-state index is 0.00780. The number of hydrogen-bond donors (Lipinski definition) is 4. The minimum atomic E-state index is -0.664. The van der Waals surface area contributed by atoms with Gasteiger partial charge < -0.3 is 25.6 Å². The molecule has 8 nitrogen and oxygen atoms in total. The molecule has 9 heteroatoms. The van der Waals surface area contributed by atoms with Gasteiger partial charge in [-0.1, -0.05) is 33.6 Å². The summed E-state index contributed by atoms with van der Waals surface area (Å²) >= 11 is 1.46. The number of hydrogen-bond acceptors (Lipinski definition) is 7. The Balaban J connectivity index is 1.91. The average Bonchev–Trinajstić information content (AvgIpc) is 3.20. The van der Waals surface area contributed by atoms with Gasteiger partial charge in [-0.05, 0) is 37.0 Å². The predicted octanol–water partition coefficient (Wildman–Crippen LogP) is 3.23. The van der Waals surface area contributed by atoms with Crippen molar-refractivity contribution in [3.8, 4) is 0 Å². The third-order valence-electron chi connectivity index (χ3n) is 8.17. The number of methoxy groups -OCH3 is 1. The van der Waals surface area contributed by atoms with Crippen molar-refractivity contribution >= 4 is 28.3 Å². The number of carbonyl (C=O) groups excluding carboxylic acids is 2. The van der Waals surface area contributed by atoms with Crippen LogP contribution in [0.25, 0.3) is 0 Å². The van der Waals surface area contributed by atoms with E-state index in [9.17, 15) is 19.8 Å². The fraction of sp³-hybridized carbons (Fsp3) is 0.800. The second kappa shape index (κ2) is 11.5. The van der Waals surface area contributed by atoms with Crippen molar-refractivity contribution < 1.29 is 24.5 Å². The van der Waals surface area contributed by atoms with Gasteiger partial charge in [0.2, 0.25) is 11.8 Å². The molecular formula is C25H41N3O5S. The first-order valence-electron chi connectivity index (χ1n) is 12.5. The van der Waals surface area contributed by atoms with E-state index in [1.165, 1.54) is 11.3 Å². The lowest BCUT2D eigenvalue weighted by molar-refractivity contribution is -0.144. The molecule has 5 unspecified atom stereocenters. The van der Waals surface area contributed by atoms with Crippen molar-refractivity contribution in [3.05, 3.63) is 10.6 Å². The second-order valence-corrected chi connectivity index (χ2v) is 11.5. The number of nitrogens with zero attached hydrogens (tertiary/aromatic N) is 1. The molecule has 34 heavy (non-hydrogen) atoms. The van der Waals surface area contributed by atoms with Gasteiger partial charge in [-0.2, -0.15) is 0 Å². The van der Waals surface area contributed by atoms with E-state index in [0.29, 0.717) is 37.5 Å². The fourth-order valence-electron chi connectivity index (χ4n) is 5.97. The van der Waals surface area contributed by atoms with E-state index in [2.05, 4.69) is 24.5 Å². The lowest BCUT2D eigenvalue weighted by atomic mass is 9.47. The molecule has 0 aliphatic heterocycles. The molecule has 192 valence electrons. The van der Waals surface area contributed by atoms with Gasteiger partial charge in [-0.25, -0.2) is 4.98 Å². The number of thiazole rings is 1. The summed E-state index contributed by atoms with van der Waals surface area (Å²) in [5.74, 6) is -0.270. The molecule has 1 aromatic rings. The van der Waals surface area contributed by atoms with Gasteiger partial charge in [-0.15, -0.1) is 11.3 Å². The summed E-state index contributed by atoms with van der Waals surface area (Å²) in [6, 6.07) is 0. The maximum absolute atomic E-state index is 12.9. The highest BCUT2D eigenvalue weighted by atomic mass is 32.1. The Morgan fingerprint density at radius 2 is 2.03 bits per heavy atom. The Morgan fingerprint density at radius 3 is 2.71 bits per heavy atom. The Labute approximate surface area is 206 Å². The highest BCUT2D eigenvalue weighted by Crippen LogP contribution is 2.62. The first kappa shape index (κ1) is 27.0. The van der Waals surface area contributed by atoms with E-state index < -0.39 is 11.5 Å². The molecule has 1 aromatic heterocycles. The molecule has 1 heterocycles. The van der Waals surface area contributed by atoms with Crippen LogP contribution in [0.5, 0.6) is 0 Å². The monoisotopic (exact) mass is 495 g/mol. The summed E-state index contributed by atoms with van der Waals surface area (Å²) in [5, 5.41) is 27.6. The first-order valence-corrected chi connectivity index (χ1v) is 13.3. The zero-order chi connectivity index (χ0) is 24.9. The Morgan fingerprint density at radius 1 is 1.26 bits per heavy atom. The molecule has 0 saturated heterocycles. The summed E-state index contributed by atoms with van der Waals surface area (Å²) < 4.78 is 5.05. The standard InChI is InChI=1S/C25H41N3O5S/c1-5-6-7-8-20(31)27-23-28-22-16(13-21(32)26-11-12-33-4)24(2)10-9-19(30)25(3,15-29)18(24)14-17(22)34-23/h16,18-19,29-30H,5-15H2,1-4H3,(H,26,32)(H,27,28,31). The molecule has 2 aliphatic carbocycles. The summed E-state index contributed by atoms with van der Waals surface area (Å²) in [7, 11) is 1.60. The molecule has 2 aliphatic rings. The van der Waals surface area contributed by atoms with Gasteiger partial charge >= 0.3 is 0 Å². The van der Waals surface area contributed by atoms with Crippen LogP contribution in [0.1, 0.15) is 82.2 Å². The number of carbonyl (C=O) groups is 2. The lowest BCUT2D eigenvalue weighted by Crippen LogP contribution is -2.57. The Hall–Kier alpha value is -1.55. The third-order valence-corrected chi connectivity index (χ3v) is 9.17. The van der Waals surface area contributed by atoms with Crippen LogP contribution in [-0.2, 0) is 20.7 Å². The second-order valence-electron chi connectivity index (χ2n) is 10.4. The quantitative estimate of drug-likeness (QED) is 0.350. The molecule has 1 fully saturated rings. The van der Waals surface area contributed by atoms with E-state index in [-0.39, 0.29) is 42.1 Å². The van der Waals surface area contributed by atoms with Crippen LogP contribution in [0.3, 0.4) is 0 Å².